The van der Waals surface area contributed by atoms with Crippen molar-refractivity contribution in [3.8, 4) is 11.5 Å². The van der Waals surface area contributed by atoms with Gasteiger partial charge in [0, 0.05) is 50.9 Å². The van der Waals surface area contributed by atoms with Gasteiger partial charge in [-0.3, -0.25) is 10.1 Å². The van der Waals surface area contributed by atoms with Gasteiger partial charge in [0.1, 0.15) is 11.5 Å². The van der Waals surface area contributed by atoms with Crippen LogP contribution in [0.4, 0.5) is 25.0 Å². The van der Waals surface area contributed by atoms with Crippen LogP contribution in [0.3, 0.4) is 0 Å². The first-order chi connectivity index (χ1) is 18.6. The number of aryl methyl sites for hydroxylation is 1. The molecule has 0 bridgehead atoms. The molecule has 1 aromatic heterocycles. The number of benzene rings is 2. The molecule has 204 valence electrons. The lowest BCUT2D eigenvalue weighted by atomic mass is 9.91. The van der Waals surface area contributed by atoms with Crippen LogP contribution in [0.1, 0.15) is 18.4 Å². The fraction of sp³-hybridized carbons (Fsp3) is 0.259. The minimum atomic E-state index is -3.03. The van der Waals surface area contributed by atoms with E-state index < -0.39 is 17.6 Å². The van der Waals surface area contributed by atoms with Crippen molar-refractivity contribution in [3.63, 3.8) is 0 Å². The lowest BCUT2D eigenvalue weighted by molar-refractivity contribution is -0.384. The second-order valence-electron chi connectivity index (χ2n) is 8.94. The predicted octanol–water partition coefficient (Wildman–Crippen LogP) is 3.76. The Labute approximate surface area is 222 Å². The van der Waals surface area contributed by atoms with E-state index in [0.717, 1.165) is 16.3 Å². The number of rotatable bonds is 8. The minimum Gasteiger partial charge on any atom is -0.433 e. The zero-order chi connectivity index (χ0) is 28.3. The molecule has 1 aliphatic heterocycles. The molecule has 0 radical (unpaired) electrons. The van der Waals surface area contributed by atoms with Gasteiger partial charge in [-0.15, -0.1) is 0 Å². The van der Waals surface area contributed by atoms with E-state index in [9.17, 15) is 23.7 Å². The van der Waals surface area contributed by atoms with Gasteiger partial charge in [0.15, 0.2) is 0 Å². The van der Waals surface area contributed by atoms with Crippen LogP contribution in [0, 0.1) is 10.1 Å². The number of hydrogen-bond acceptors (Lipinski definition) is 7. The van der Waals surface area contributed by atoms with Crippen LogP contribution in [0.2, 0.25) is 0 Å². The minimum absolute atomic E-state index is 0.0151. The highest BCUT2D eigenvalue weighted by Gasteiger charge is 2.34. The van der Waals surface area contributed by atoms with Gasteiger partial charge in [0.05, 0.1) is 27.6 Å². The number of carbonyl (C=O) groups is 1. The molecule has 1 amide bonds. The van der Waals surface area contributed by atoms with E-state index in [-0.39, 0.29) is 23.1 Å². The molecule has 1 aliphatic rings. The molecule has 3 aromatic rings. The van der Waals surface area contributed by atoms with Gasteiger partial charge in [-0.1, -0.05) is 18.7 Å². The van der Waals surface area contributed by atoms with Crippen molar-refractivity contribution in [1.29, 1.82) is 0 Å². The van der Waals surface area contributed by atoms with Crippen LogP contribution < -0.4 is 25.1 Å². The van der Waals surface area contributed by atoms with Crippen molar-refractivity contribution in [3.05, 3.63) is 87.4 Å². The normalized spacial score (nSPS) is 14.4. The fourth-order valence-electron chi connectivity index (χ4n) is 4.16. The second kappa shape index (κ2) is 11.3. The number of nitro benzene ring substituents is 1. The first-order valence-corrected chi connectivity index (χ1v) is 12.0. The Balaban J connectivity index is 1.47. The highest BCUT2D eigenvalue weighted by molar-refractivity contribution is 5.72. The number of allylic oxidation sites excluding steroid dienone is 1. The Kier molecular flexibility index (Phi) is 7.93. The molecule has 0 saturated carbocycles. The van der Waals surface area contributed by atoms with Gasteiger partial charge in [-0.25, -0.2) is 9.78 Å². The van der Waals surface area contributed by atoms with Gasteiger partial charge in [-0.05, 0) is 42.8 Å². The summed E-state index contributed by atoms with van der Waals surface area (Å²) in [5, 5.41) is 12.4. The van der Waals surface area contributed by atoms with Crippen LogP contribution in [0.15, 0.2) is 61.1 Å². The monoisotopic (exact) mass is 539 g/mol. The number of ether oxygens (including phenoxy) is 2. The Bertz CT molecular complexity index is 1510. The molecule has 10 nitrogen and oxygen atoms in total. The van der Waals surface area contributed by atoms with Crippen molar-refractivity contribution in [1.82, 2.24) is 14.5 Å². The number of carbonyl (C=O) groups excluding carboxylic acids is 1. The quantitative estimate of drug-likeness (QED) is 0.317. The maximum atomic E-state index is 13.3. The molecule has 1 fully saturated rings. The summed E-state index contributed by atoms with van der Waals surface area (Å²) in [4.78, 5) is 30.1. The molecule has 2 aromatic carbocycles. The molecule has 0 unspecified atom stereocenters. The highest BCUT2D eigenvalue weighted by atomic mass is 19.3. The number of likely N-dealkylation sites (tertiary alicyclic amines) is 1. The Morgan fingerprint density at radius 2 is 1.95 bits per heavy atom. The molecule has 39 heavy (non-hydrogen) atoms. The number of hydrogen-bond donors (Lipinski definition) is 0. The summed E-state index contributed by atoms with van der Waals surface area (Å²) in [7, 11) is 3.56. The SMILES string of the molecule is C=C(/C=c1\c(=C/C)ncn1C)N(C)c1ccc(C2CN(C(=O)Oc3ccc([N+](=O)[O-])cc3)C2)cc1OC(F)F. The van der Waals surface area contributed by atoms with Gasteiger partial charge < -0.3 is 23.8 Å². The van der Waals surface area contributed by atoms with Crippen LogP contribution in [-0.2, 0) is 7.05 Å². The van der Waals surface area contributed by atoms with E-state index >= 15 is 0 Å². The molecule has 12 heteroatoms. The number of nitro groups is 1. The molecule has 1 saturated heterocycles. The maximum Gasteiger partial charge on any atom is 0.415 e. The number of imidazole rings is 1. The first kappa shape index (κ1) is 27.3. The summed E-state index contributed by atoms with van der Waals surface area (Å²) in [5.41, 5.74) is 1.55. The number of nitrogens with zero attached hydrogens (tertiary/aromatic N) is 5. The fourth-order valence-corrected chi connectivity index (χ4v) is 4.16. The smallest absolute Gasteiger partial charge is 0.415 e. The molecular weight excluding hydrogens is 512 g/mol. The summed E-state index contributed by atoms with van der Waals surface area (Å²) >= 11 is 0. The standard InChI is InChI=1S/C27H27F2N5O5/c1-5-22-24(31(3)16-30-22)12-17(2)32(4)23-11-6-18(13-25(23)39-26(28)29)19-14-33(15-19)27(35)38-21-9-7-20(8-10-21)34(36)37/h5-13,16,19,26H,2,14-15H2,1,3-4H3/b22-5+,24-12+. The second-order valence-corrected chi connectivity index (χ2v) is 8.94. The van der Waals surface area contributed by atoms with E-state index in [1.165, 1.54) is 29.2 Å². The Morgan fingerprint density at radius 1 is 1.26 bits per heavy atom. The van der Waals surface area contributed by atoms with Gasteiger partial charge in [-0.2, -0.15) is 8.78 Å². The summed E-state index contributed by atoms with van der Waals surface area (Å²) in [6, 6.07) is 10.2. The summed E-state index contributed by atoms with van der Waals surface area (Å²) < 4.78 is 38.6. The van der Waals surface area contributed by atoms with Crippen molar-refractivity contribution >= 4 is 29.6 Å². The van der Waals surface area contributed by atoms with Crippen molar-refractivity contribution in [2.45, 2.75) is 19.5 Å². The number of halogens is 2. The molecule has 0 N–H and O–H groups in total. The van der Waals surface area contributed by atoms with Crippen molar-refractivity contribution < 1.29 is 28.0 Å². The topological polar surface area (TPSA) is 103 Å². The predicted molar refractivity (Wildman–Crippen MR) is 141 cm³/mol. The van der Waals surface area contributed by atoms with Crippen LogP contribution in [0.5, 0.6) is 11.5 Å². The molecule has 4 rings (SSSR count). The summed E-state index contributed by atoms with van der Waals surface area (Å²) in [6.45, 7) is 3.55. The first-order valence-electron chi connectivity index (χ1n) is 12.0. The largest absolute Gasteiger partial charge is 0.433 e. The Morgan fingerprint density at radius 3 is 2.56 bits per heavy atom. The van der Waals surface area contributed by atoms with Gasteiger partial charge in [0.2, 0.25) is 0 Å². The maximum absolute atomic E-state index is 13.3. The number of aromatic nitrogens is 2. The number of alkyl halides is 2. The number of anilines is 1. The molecule has 0 spiro atoms. The molecular formula is C27H27F2N5O5. The average molecular weight is 540 g/mol. The van der Waals surface area contributed by atoms with E-state index in [2.05, 4.69) is 11.6 Å². The van der Waals surface area contributed by atoms with E-state index in [4.69, 9.17) is 9.47 Å². The third-order valence-electron chi connectivity index (χ3n) is 6.45. The third kappa shape index (κ3) is 6.06. The van der Waals surface area contributed by atoms with Crippen molar-refractivity contribution in [2.24, 2.45) is 7.05 Å². The number of amides is 1. The van der Waals surface area contributed by atoms with E-state index in [1.54, 1.807) is 36.5 Å². The molecule has 0 aliphatic carbocycles. The van der Waals surface area contributed by atoms with Crippen molar-refractivity contribution in [2.75, 3.05) is 25.0 Å². The van der Waals surface area contributed by atoms with E-state index in [0.29, 0.717) is 24.5 Å². The zero-order valence-electron chi connectivity index (χ0n) is 21.6. The number of non-ortho nitro benzene ring substituents is 1. The van der Waals surface area contributed by atoms with Gasteiger partial charge >= 0.3 is 12.7 Å². The summed E-state index contributed by atoms with van der Waals surface area (Å²) in [6.07, 6.45) is 4.75. The lowest BCUT2D eigenvalue weighted by Gasteiger charge is -2.38. The van der Waals surface area contributed by atoms with Crippen LogP contribution in [0.25, 0.3) is 12.2 Å². The van der Waals surface area contributed by atoms with Gasteiger partial charge in [0.25, 0.3) is 5.69 Å². The van der Waals surface area contributed by atoms with Crippen LogP contribution >= 0.6 is 0 Å². The average Bonchev–Trinajstić information content (AvgIpc) is 3.21. The lowest BCUT2D eigenvalue weighted by Crippen LogP contribution is -2.49. The molecule has 2 heterocycles. The highest BCUT2D eigenvalue weighted by Crippen LogP contribution is 2.37. The van der Waals surface area contributed by atoms with E-state index in [1.807, 2.05) is 30.7 Å². The van der Waals surface area contributed by atoms with Crippen LogP contribution in [-0.4, -0.2) is 52.2 Å². The molecule has 0 atom stereocenters. The summed E-state index contributed by atoms with van der Waals surface area (Å²) in [5.74, 6) is 0.0561. The Hall–Kier alpha value is -4.74. The third-order valence-corrected chi connectivity index (χ3v) is 6.45. The zero-order valence-corrected chi connectivity index (χ0v) is 21.6.